The monoisotopic (exact) mass is 386 g/mol. The number of aromatic nitrogens is 3. The SMILES string of the molecule is CCc1nc2ccc(Br)cc2c(=O)n1N=Cc1cc(C)n(C)c1C. The topological polar surface area (TPSA) is 52.2 Å². The van der Waals surface area contributed by atoms with Crippen LogP contribution in [-0.2, 0) is 13.5 Å². The molecule has 3 rings (SSSR count). The molecule has 0 fully saturated rings. The van der Waals surface area contributed by atoms with Gasteiger partial charge in [-0.25, -0.2) is 4.98 Å². The molecule has 24 heavy (non-hydrogen) atoms. The molecule has 0 N–H and O–H groups in total. The fraction of sp³-hybridized carbons (Fsp3) is 0.278. The van der Waals surface area contributed by atoms with Crippen LogP contribution in [0.25, 0.3) is 10.9 Å². The average molecular weight is 387 g/mol. The lowest BCUT2D eigenvalue weighted by Crippen LogP contribution is -2.22. The Morgan fingerprint density at radius 2 is 2.04 bits per heavy atom. The molecular formula is C18H19BrN4O. The van der Waals surface area contributed by atoms with Crippen LogP contribution in [0.4, 0.5) is 0 Å². The minimum Gasteiger partial charge on any atom is -0.352 e. The molecule has 0 bridgehead atoms. The third kappa shape index (κ3) is 2.82. The first kappa shape index (κ1) is 16.6. The molecule has 0 saturated heterocycles. The Balaban J connectivity index is 2.17. The van der Waals surface area contributed by atoms with Crippen LogP contribution in [0.15, 0.2) is 38.6 Å². The fourth-order valence-electron chi connectivity index (χ4n) is 2.68. The third-order valence-electron chi connectivity index (χ3n) is 4.32. The fourth-order valence-corrected chi connectivity index (χ4v) is 3.04. The predicted molar refractivity (Wildman–Crippen MR) is 101 cm³/mol. The smallest absolute Gasteiger partial charge is 0.282 e. The first-order valence-electron chi connectivity index (χ1n) is 7.80. The lowest BCUT2D eigenvalue weighted by atomic mass is 10.2. The summed E-state index contributed by atoms with van der Waals surface area (Å²) in [6.45, 7) is 6.05. The zero-order valence-corrected chi connectivity index (χ0v) is 15.8. The summed E-state index contributed by atoms with van der Waals surface area (Å²) in [7, 11) is 2.01. The molecule has 0 amide bonds. The summed E-state index contributed by atoms with van der Waals surface area (Å²) < 4.78 is 4.35. The van der Waals surface area contributed by atoms with Gasteiger partial charge >= 0.3 is 0 Å². The molecule has 0 atom stereocenters. The molecule has 1 aromatic carbocycles. The second-order valence-electron chi connectivity index (χ2n) is 5.79. The molecule has 2 aromatic heterocycles. The van der Waals surface area contributed by atoms with Gasteiger partial charge < -0.3 is 4.57 Å². The van der Waals surface area contributed by atoms with E-state index in [4.69, 9.17) is 0 Å². The summed E-state index contributed by atoms with van der Waals surface area (Å²) >= 11 is 3.41. The standard InChI is InChI=1S/C18H19BrN4O/c1-5-17-21-16-7-6-14(19)9-15(16)18(24)23(17)20-10-13-8-11(2)22(4)12(13)3/h6-10H,5H2,1-4H3. The maximum atomic E-state index is 12.8. The molecule has 0 saturated carbocycles. The van der Waals surface area contributed by atoms with Crippen LogP contribution in [0.2, 0.25) is 0 Å². The van der Waals surface area contributed by atoms with Crippen molar-refractivity contribution in [1.82, 2.24) is 14.2 Å². The van der Waals surface area contributed by atoms with Crippen molar-refractivity contribution in [2.75, 3.05) is 0 Å². The van der Waals surface area contributed by atoms with E-state index in [1.165, 1.54) is 4.68 Å². The van der Waals surface area contributed by atoms with Gasteiger partial charge in [0, 0.05) is 34.9 Å². The highest BCUT2D eigenvalue weighted by molar-refractivity contribution is 9.10. The van der Waals surface area contributed by atoms with Crippen LogP contribution < -0.4 is 5.56 Å². The van der Waals surface area contributed by atoms with E-state index in [-0.39, 0.29) is 5.56 Å². The highest BCUT2D eigenvalue weighted by Gasteiger charge is 2.10. The molecule has 0 unspecified atom stereocenters. The lowest BCUT2D eigenvalue weighted by molar-refractivity contribution is 0.734. The van der Waals surface area contributed by atoms with E-state index in [1.54, 1.807) is 12.3 Å². The number of fused-ring (bicyclic) bond motifs is 1. The van der Waals surface area contributed by atoms with E-state index >= 15 is 0 Å². The van der Waals surface area contributed by atoms with E-state index < -0.39 is 0 Å². The van der Waals surface area contributed by atoms with Crippen LogP contribution in [0.5, 0.6) is 0 Å². The maximum Gasteiger partial charge on any atom is 0.282 e. The predicted octanol–water partition coefficient (Wildman–Crippen LogP) is 3.56. The van der Waals surface area contributed by atoms with Crippen molar-refractivity contribution >= 4 is 33.0 Å². The minimum atomic E-state index is -0.153. The van der Waals surface area contributed by atoms with Crippen molar-refractivity contribution in [1.29, 1.82) is 0 Å². The van der Waals surface area contributed by atoms with Crippen molar-refractivity contribution in [2.24, 2.45) is 12.1 Å². The van der Waals surface area contributed by atoms with Gasteiger partial charge in [0.25, 0.3) is 5.56 Å². The Hall–Kier alpha value is -2.21. The summed E-state index contributed by atoms with van der Waals surface area (Å²) in [6.07, 6.45) is 2.36. The summed E-state index contributed by atoms with van der Waals surface area (Å²) in [4.78, 5) is 17.4. The number of rotatable bonds is 3. The lowest BCUT2D eigenvalue weighted by Gasteiger charge is -2.07. The number of aryl methyl sites for hydroxylation is 2. The molecule has 0 aliphatic rings. The molecule has 124 valence electrons. The van der Waals surface area contributed by atoms with Crippen molar-refractivity contribution < 1.29 is 0 Å². The zero-order chi connectivity index (χ0) is 17.4. The maximum absolute atomic E-state index is 12.8. The van der Waals surface area contributed by atoms with E-state index in [0.29, 0.717) is 23.1 Å². The van der Waals surface area contributed by atoms with Gasteiger partial charge in [0.15, 0.2) is 0 Å². The Labute approximate surface area is 148 Å². The first-order valence-corrected chi connectivity index (χ1v) is 8.60. The second-order valence-corrected chi connectivity index (χ2v) is 6.71. The van der Waals surface area contributed by atoms with Crippen molar-refractivity contribution in [2.45, 2.75) is 27.2 Å². The van der Waals surface area contributed by atoms with Crippen LogP contribution in [0.1, 0.15) is 29.7 Å². The largest absolute Gasteiger partial charge is 0.352 e. The zero-order valence-electron chi connectivity index (χ0n) is 14.2. The first-order chi connectivity index (χ1) is 11.4. The Bertz CT molecular complexity index is 1010. The quantitative estimate of drug-likeness (QED) is 0.646. The number of nitrogens with zero attached hydrogens (tertiary/aromatic N) is 4. The Morgan fingerprint density at radius 3 is 2.67 bits per heavy atom. The van der Waals surface area contributed by atoms with Crippen molar-refractivity contribution in [3.05, 3.63) is 61.9 Å². The Kier molecular flexibility index (Phi) is 4.41. The van der Waals surface area contributed by atoms with E-state index in [9.17, 15) is 4.79 Å². The molecule has 0 aliphatic carbocycles. The van der Waals surface area contributed by atoms with Gasteiger partial charge in [-0.2, -0.15) is 9.78 Å². The van der Waals surface area contributed by atoms with Gasteiger partial charge in [0.1, 0.15) is 5.82 Å². The van der Waals surface area contributed by atoms with Crippen LogP contribution in [-0.4, -0.2) is 20.4 Å². The van der Waals surface area contributed by atoms with Gasteiger partial charge in [-0.15, -0.1) is 0 Å². The summed E-state index contributed by atoms with van der Waals surface area (Å²) in [5.41, 5.74) is 3.80. The highest BCUT2D eigenvalue weighted by Crippen LogP contribution is 2.16. The summed E-state index contributed by atoms with van der Waals surface area (Å²) in [6, 6.07) is 7.57. The molecule has 3 aromatic rings. The average Bonchev–Trinajstić information content (AvgIpc) is 2.81. The second kappa shape index (κ2) is 6.36. The van der Waals surface area contributed by atoms with E-state index in [2.05, 4.69) is 36.6 Å². The van der Waals surface area contributed by atoms with Crippen molar-refractivity contribution in [3.8, 4) is 0 Å². The van der Waals surface area contributed by atoms with Gasteiger partial charge in [-0.3, -0.25) is 4.79 Å². The molecule has 0 radical (unpaired) electrons. The van der Waals surface area contributed by atoms with E-state index in [1.807, 2.05) is 40.0 Å². The van der Waals surface area contributed by atoms with Gasteiger partial charge in [-0.1, -0.05) is 22.9 Å². The molecule has 0 spiro atoms. The molecule has 5 nitrogen and oxygen atoms in total. The highest BCUT2D eigenvalue weighted by atomic mass is 79.9. The van der Waals surface area contributed by atoms with Crippen LogP contribution in [0, 0.1) is 13.8 Å². The number of hydrogen-bond acceptors (Lipinski definition) is 3. The summed E-state index contributed by atoms with van der Waals surface area (Å²) in [5, 5.41) is 4.99. The van der Waals surface area contributed by atoms with Gasteiger partial charge in [-0.05, 0) is 38.1 Å². The molecule has 0 aliphatic heterocycles. The third-order valence-corrected chi connectivity index (χ3v) is 4.81. The minimum absolute atomic E-state index is 0.153. The normalized spacial score (nSPS) is 11.7. The van der Waals surface area contributed by atoms with E-state index in [0.717, 1.165) is 21.4 Å². The molecular weight excluding hydrogens is 368 g/mol. The molecule has 6 heteroatoms. The van der Waals surface area contributed by atoms with Crippen molar-refractivity contribution in [3.63, 3.8) is 0 Å². The Morgan fingerprint density at radius 1 is 1.29 bits per heavy atom. The van der Waals surface area contributed by atoms with Crippen LogP contribution in [0.3, 0.4) is 0 Å². The molecule has 2 heterocycles. The number of hydrogen-bond donors (Lipinski definition) is 0. The number of benzene rings is 1. The number of halogens is 1. The van der Waals surface area contributed by atoms with Gasteiger partial charge in [0.05, 0.1) is 17.1 Å². The summed E-state index contributed by atoms with van der Waals surface area (Å²) in [5.74, 6) is 0.649. The van der Waals surface area contributed by atoms with Gasteiger partial charge in [0.2, 0.25) is 0 Å². The van der Waals surface area contributed by atoms with Crippen LogP contribution >= 0.6 is 15.9 Å².